The lowest BCUT2D eigenvalue weighted by Gasteiger charge is -2.22. The molecule has 122 valence electrons. The highest BCUT2D eigenvalue weighted by molar-refractivity contribution is 5.86. The number of likely N-dealkylation sites (N-methyl/N-ethyl adjacent to an activating group) is 1. The molecule has 0 bridgehead atoms. The third kappa shape index (κ3) is 3.21. The van der Waals surface area contributed by atoms with Gasteiger partial charge in [0.2, 0.25) is 5.91 Å². The highest BCUT2D eigenvalue weighted by Crippen LogP contribution is 2.18. The molecule has 23 heavy (non-hydrogen) atoms. The Balaban J connectivity index is 2.19. The number of nitrogens with zero attached hydrogens (tertiary/aromatic N) is 4. The van der Waals surface area contributed by atoms with Gasteiger partial charge in [0.15, 0.2) is 0 Å². The van der Waals surface area contributed by atoms with Crippen LogP contribution in [0.5, 0.6) is 0 Å². The summed E-state index contributed by atoms with van der Waals surface area (Å²) in [6.07, 6.45) is 0.313. The SMILES string of the molecule is CC(Nc1ccc2c(c1)n(C)c(=O)n2C)C(=O)N(C)CCC#N. The van der Waals surface area contributed by atoms with E-state index in [9.17, 15) is 9.59 Å². The number of nitrogens with one attached hydrogen (secondary N) is 1. The second-order valence-electron chi connectivity index (χ2n) is 5.64. The van der Waals surface area contributed by atoms with E-state index in [2.05, 4.69) is 5.32 Å². The first kappa shape index (κ1) is 16.6. The number of carbonyl (C=O) groups is 1. The van der Waals surface area contributed by atoms with Crippen LogP contribution in [0.2, 0.25) is 0 Å². The second-order valence-corrected chi connectivity index (χ2v) is 5.64. The molecule has 0 fully saturated rings. The number of benzene rings is 1. The van der Waals surface area contributed by atoms with Crippen molar-refractivity contribution in [3.05, 3.63) is 28.7 Å². The Labute approximate surface area is 134 Å². The summed E-state index contributed by atoms with van der Waals surface area (Å²) in [4.78, 5) is 25.7. The molecule has 1 N–H and O–H groups in total. The minimum absolute atomic E-state index is 0.0812. The van der Waals surface area contributed by atoms with Gasteiger partial charge in [-0.1, -0.05) is 0 Å². The number of imidazole rings is 1. The minimum atomic E-state index is -0.420. The summed E-state index contributed by atoms with van der Waals surface area (Å²) in [6.45, 7) is 2.19. The number of hydrogen-bond acceptors (Lipinski definition) is 4. The van der Waals surface area contributed by atoms with Gasteiger partial charge in [-0.25, -0.2) is 4.79 Å². The van der Waals surface area contributed by atoms with E-state index in [1.165, 1.54) is 4.90 Å². The highest BCUT2D eigenvalue weighted by Gasteiger charge is 2.17. The van der Waals surface area contributed by atoms with Gasteiger partial charge in [0, 0.05) is 33.4 Å². The number of rotatable bonds is 5. The zero-order valence-corrected chi connectivity index (χ0v) is 13.8. The van der Waals surface area contributed by atoms with Crippen LogP contribution in [0.3, 0.4) is 0 Å². The summed E-state index contributed by atoms with van der Waals surface area (Å²) in [5, 5.41) is 11.7. The van der Waals surface area contributed by atoms with Crippen molar-refractivity contribution in [3.8, 4) is 6.07 Å². The van der Waals surface area contributed by atoms with Gasteiger partial charge in [-0.2, -0.15) is 5.26 Å². The van der Waals surface area contributed by atoms with E-state index in [-0.39, 0.29) is 11.6 Å². The summed E-state index contributed by atoms with van der Waals surface area (Å²) in [5.41, 5.74) is 2.33. The lowest BCUT2D eigenvalue weighted by atomic mass is 10.2. The first-order chi connectivity index (χ1) is 10.9. The molecular formula is C16H21N5O2. The Morgan fingerprint density at radius 1 is 1.35 bits per heavy atom. The standard InChI is InChI=1S/C16H21N5O2/c1-11(15(22)19(2)9-5-8-17)18-12-6-7-13-14(10-12)21(4)16(23)20(13)3/h6-7,10-11,18H,5,9H2,1-4H3. The van der Waals surface area contributed by atoms with E-state index in [0.29, 0.717) is 13.0 Å². The lowest BCUT2D eigenvalue weighted by Crippen LogP contribution is -2.39. The van der Waals surface area contributed by atoms with Gasteiger partial charge in [-0.15, -0.1) is 0 Å². The van der Waals surface area contributed by atoms with Gasteiger partial charge in [0.05, 0.1) is 23.5 Å². The Morgan fingerprint density at radius 2 is 2.00 bits per heavy atom. The van der Waals surface area contributed by atoms with Gasteiger partial charge < -0.3 is 10.2 Å². The summed E-state index contributed by atoms with van der Waals surface area (Å²) in [7, 11) is 5.13. The van der Waals surface area contributed by atoms with Crippen molar-refractivity contribution in [2.24, 2.45) is 14.1 Å². The van der Waals surface area contributed by atoms with Gasteiger partial charge >= 0.3 is 5.69 Å². The van der Waals surface area contributed by atoms with Crippen LogP contribution in [0.15, 0.2) is 23.0 Å². The third-order valence-electron chi connectivity index (χ3n) is 3.96. The number of aromatic nitrogens is 2. The maximum Gasteiger partial charge on any atom is 0.328 e. The number of amides is 1. The molecule has 1 amide bonds. The maximum atomic E-state index is 12.2. The average Bonchev–Trinajstić information content (AvgIpc) is 2.76. The molecule has 0 saturated carbocycles. The number of carbonyl (C=O) groups excluding carboxylic acids is 1. The van der Waals surface area contributed by atoms with Crippen molar-refractivity contribution in [1.29, 1.82) is 5.26 Å². The van der Waals surface area contributed by atoms with E-state index in [4.69, 9.17) is 5.26 Å². The van der Waals surface area contributed by atoms with Crippen LogP contribution < -0.4 is 11.0 Å². The van der Waals surface area contributed by atoms with Gasteiger partial charge in [0.25, 0.3) is 0 Å². The molecule has 0 aliphatic rings. The first-order valence-corrected chi connectivity index (χ1v) is 7.40. The number of hydrogen-bond donors (Lipinski definition) is 1. The van der Waals surface area contributed by atoms with Crippen molar-refractivity contribution in [1.82, 2.24) is 14.0 Å². The van der Waals surface area contributed by atoms with Crippen LogP contribution in [-0.2, 0) is 18.9 Å². The molecule has 1 aromatic heterocycles. The van der Waals surface area contributed by atoms with Crippen molar-refractivity contribution in [2.45, 2.75) is 19.4 Å². The predicted molar refractivity (Wildman–Crippen MR) is 89.1 cm³/mol. The van der Waals surface area contributed by atoms with Crippen LogP contribution >= 0.6 is 0 Å². The highest BCUT2D eigenvalue weighted by atomic mass is 16.2. The molecule has 1 unspecified atom stereocenters. The van der Waals surface area contributed by atoms with Crippen LogP contribution in [0, 0.1) is 11.3 Å². The quantitative estimate of drug-likeness (QED) is 0.894. The third-order valence-corrected chi connectivity index (χ3v) is 3.96. The van der Waals surface area contributed by atoms with Crippen molar-refractivity contribution >= 4 is 22.6 Å². The van der Waals surface area contributed by atoms with E-state index < -0.39 is 6.04 Å². The van der Waals surface area contributed by atoms with Crippen LogP contribution in [0.25, 0.3) is 11.0 Å². The summed E-state index contributed by atoms with van der Waals surface area (Å²) >= 11 is 0. The molecule has 2 rings (SSSR count). The van der Waals surface area contributed by atoms with Crippen molar-refractivity contribution in [3.63, 3.8) is 0 Å². The van der Waals surface area contributed by atoms with Crippen LogP contribution in [0.4, 0.5) is 5.69 Å². The van der Waals surface area contributed by atoms with Gasteiger partial charge in [-0.05, 0) is 25.1 Å². The van der Waals surface area contributed by atoms with Gasteiger partial charge in [-0.3, -0.25) is 13.9 Å². The summed E-state index contributed by atoms with van der Waals surface area (Å²) < 4.78 is 3.16. The Morgan fingerprint density at radius 3 is 2.65 bits per heavy atom. The lowest BCUT2D eigenvalue weighted by molar-refractivity contribution is -0.130. The first-order valence-electron chi connectivity index (χ1n) is 7.40. The normalized spacial score (nSPS) is 12.0. The molecule has 0 saturated heterocycles. The molecule has 0 spiro atoms. The minimum Gasteiger partial charge on any atom is -0.374 e. The van der Waals surface area contributed by atoms with Gasteiger partial charge in [0.1, 0.15) is 6.04 Å². The zero-order valence-electron chi connectivity index (χ0n) is 13.8. The smallest absolute Gasteiger partial charge is 0.328 e. The largest absolute Gasteiger partial charge is 0.374 e. The van der Waals surface area contributed by atoms with E-state index in [0.717, 1.165) is 16.7 Å². The number of nitriles is 1. The Hall–Kier alpha value is -2.75. The molecule has 1 aromatic carbocycles. The van der Waals surface area contributed by atoms with Crippen molar-refractivity contribution < 1.29 is 4.79 Å². The molecule has 1 heterocycles. The molecule has 1 atom stereocenters. The number of fused-ring (bicyclic) bond motifs is 1. The Kier molecular flexibility index (Phi) is 4.74. The number of anilines is 1. The predicted octanol–water partition coefficient (Wildman–Crippen LogP) is 1.05. The molecular weight excluding hydrogens is 294 g/mol. The average molecular weight is 315 g/mol. The Bertz CT molecular complexity index is 827. The molecule has 0 aliphatic carbocycles. The van der Waals surface area contributed by atoms with E-state index in [1.807, 2.05) is 24.3 Å². The second kappa shape index (κ2) is 6.57. The van der Waals surface area contributed by atoms with Crippen LogP contribution in [0.1, 0.15) is 13.3 Å². The molecule has 0 radical (unpaired) electrons. The summed E-state index contributed by atoms with van der Waals surface area (Å²) in [5.74, 6) is -0.0812. The maximum absolute atomic E-state index is 12.2. The fourth-order valence-corrected chi connectivity index (χ4v) is 2.57. The molecule has 7 nitrogen and oxygen atoms in total. The van der Waals surface area contributed by atoms with Crippen LogP contribution in [-0.4, -0.2) is 39.6 Å². The number of aryl methyl sites for hydroxylation is 2. The van der Waals surface area contributed by atoms with E-state index in [1.54, 1.807) is 37.2 Å². The zero-order chi connectivity index (χ0) is 17.1. The topological polar surface area (TPSA) is 83.1 Å². The monoisotopic (exact) mass is 315 g/mol. The van der Waals surface area contributed by atoms with Crippen molar-refractivity contribution in [2.75, 3.05) is 18.9 Å². The molecule has 0 aliphatic heterocycles. The van der Waals surface area contributed by atoms with E-state index >= 15 is 0 Å². The summed E-state index contributed by atoms with van der Waals surface area (Å²) in [6, 6.07) is 7.17. The fourth-order valence-electron chi connectivity index (χ4n) is 2.57. The molecule has 2 aromatic rings. The fraction of sp³-hybridized carbons (Fsp3) is 0.438. The molecule has 7 heteroatoms.